The molecule has 0 saturated carbocycles. The van der Waals surface area contributed by atoms with E-state index in [0.29, 0.717) is 0 Å². The molecule has 0 spiro atoms. The molecule has 1 aromatic rings. The van der Waals surface area contributed by atoms with Crippen molar-refractivity contribution in [2.24, 2.45) is 5.73 Å². The summed E-state index contributed by atoms with van der Waals surface area (Å²) < 4.78 is 31.5. The summed E-state index contributed by atoms with van der Waals surface area (Å²) in [6, 6.07) is 0.807. The van der Waals surface area contributed by atoms with Crippen molar-refractivity contribution in [3.8, 4) is 0 Å². The average Bonchev–Trinajstić information content (AvgIpc) is 2.15. The molecule has 1 rings (SSSR count). The first kappa shape index (κ1) is 17.1. The molecule has 0 bridgehead atoms. The number of halogens is 4. The van der Waals surface area contributed by atoms with E-state index in [1.165, 1.54) is 0 Å². The topological polar surface area (TPSA) is 52.3 Å². The van der Waals surface area contributed by atoms with Gasteiger partial charge in [-0.3, -0.25) is 4.79 Å². The largest absolute Gasteiger partial charge is 0.466 e. The number of ether oxygens (including phenoxy) is 1. The Balaban J connectivity index is 0.00000289. The van der Waals surface area contributed by atoms with Crippen molar-refractivity contribution in [3.63, 3.8) is 0 Å². The molecule has 1 atom stereocenters. The minimum absolute atomic E-state index is 0. The van der Waals surface area contributed by atoms with Gasteiger partial charge in [0, 0.05) is 16.6 Å². The molecule has 102 valence electrons. The van der Waals surface area contributed by atoms with Crippen LogP contribution in [0.15, 0.2) is 12.1 Å². The number of carbonyl (C=O) groups excluding carboxylic acids is 1. The van der Waals surface area contributed by atoms with Crippen LogP contribution in [-0.4, -0.2) is 12.6 Å². The molecule has 3 nitrogen and oxygen atoms in total. The number of benzene rings is 1. The van der Waals surface area contributed by atoms with Crippen LogP contribution in [0, 0.1) is 11.6 Å². The van der Waals surface area contributed by atoms with Crippen molar-refractivity contribution >= 4 is 30.0 Å². The number of carbonyl (C=O) groups is 1. The molecule has 7 heteroatoms. The fraction of sp³-hybridized carbons (Fsp3) is 0.364. The average molecular weight is 300 g/mol. The molecule has 2 N–H and O–H groups in total. The van der Waals surface area contributed by atoms with Gasteiger partial charge in [-0.25, -0.2) is 8.78 Å². The molecular formula is C11H13Cl2F2NO2. The molecule has 0 heterocycles. The van der Waals surface area contributed by atoms with Gasteiger partial charge in [-0.2, -0.15) is 0 Å². The SMILES string of the molecule is CCOC(=O)C[C@@H](N)c1c(F)cc(Cl)cc1F.Cl. The lowest BCUT2D eigenvalue weighted by molar-refractivity contribution is -0.143. The Labute approximate surface area is 115 Å². The summed E-state index contributed by atoms with van der Waals surface area (Å²) >= 11 is 5.47. The summed E-state index contributed by atoms with van der Waals surface area (Å²) in [5.41, 5.74) is 5.20. The zero-order valence-electron chi connectivity index (χ0n) is 9.58. The van der Waals surface area contributed by atoms with Crippen molar-refractivity contribution in [2.45, 2.75) is 19.4 Å². The maximum Gasteiger partial charge on any atom is 0.307 e. The van der Waals surface area contributed by atoms with Gasteiger partial charge >= 0.3 is 5.97 Å². The number of rotatable bonds is 4. The molecule has 18 heavy (non-hydrogen) atoms. The molecular weight excluding hydrogens is 287 g/mol. The summed E-state index contributed by atoms with van der Waals surface area (Å²) in [5, 5.41) is -0.0629. The maximum atomic E-state index is 13.4. The Bertz CT molecular complexity index is 406. The highest BCUT2D eigenvalue weighted by molar-refractivity contribution is 6.30. The van der Waals surface area contributed by atoms with E-state index in [4.69, 9.17) is 17.3 Å². The van der Waals surface area contributed by atoms with E-state index < -0.39 is 23.6 Å². The van der Waals surface area contributed by atoms with Gasteiger partial charge in [0.25, 0.3) is 0 Å². The smallest absolute Gasteiger partial charge is 0.307 e. The normalized spacial score (nSPS) is 11.6. The highest BCUT2D eigenvalue weighted by Gasteiger charge is 2.20. The van der Waals surface area contributed by atoms with Gasteiger partial charge in [0.1, 0.15) is 11.6 Å². The van der Waals surface area contributed by atoms with Crippen LogP contribution in [0.3, 0.4) is 0 Å². The summed E-state index contributed by atoms with van der Waals surface area (Å²) in [5.74, 6) is -2.34. The molecule has 0 aliphatic carbocycles. The number of hydrogen-bond donors (Lipinski definition) is 1. The zero-order valence-corrected chi connectivity index (χ0v) is 11.2. The molecule has 0 aliphatic heterocycles. The second-order valence-electron chi connectivity index (χ2n) is 3.40. The van der Waals surface area contributed by atoms with E-state index in [-0.39, 0.29) is 36.0 Å². The predicted molar refractivity (Wildman–Crippen MR) is 66.8 cm³/mol. The van der Waals surface area contributed by atoms with Crippen molar-refractivity contribution in [2.75, 3.05) is 6.61 Å². The van der Waals surface area contributed by atoms with Gasteiger partial charge in [-0.1, -0.05) is 11.6 Å². The summed E-state index contributed by atoms with van der Waals surface area (Å²) in [4.78, 5) is 11.1. The lowest BCUT2D eigenvalue weighted by Gasteiger charge is -2.13. The van der Waals surface area contributed by atoms with Crippen LogP contribution in [0.4, 0.5) is 8.78 Å². The van der Waals surface area contributed by atoms with E-state index in [0.717, 1.165) is 12.1 Å². The van der Waals surface area contributed by atoms with Gasteiger partial charge in [-0.15, -0.1) is 12.4 Å². The van der Waals surface area contributed by atoms with Crippen LogP contribution in [0.5, 0.6) is 0 Å². The Hall–Kier alpha value is -0.910. The van der Waals surface area contributed by atoms with Gasteiger partial charge in [0.15, 0.2) is 0 Å². The summed E-state index contributed by atoms with van der Waals surface area (Å²) in [7, 11) is 0. The third-order valence-electron chi connectivity index (χ3n) is 2.11. The molecule has 0 aromatic heterocycles. The maximum absolute atomic E-state index is 13.4. The van der Waals surface area contributed by atoms with Crippen LogP contribution in [0.25, 0.3) is 0 Å². The zero-order chi connectivity index (χ0) is 13.0. The number of hydrogen-bond acceptors (Lipinski definition) is 3. The molecule has 0 aliphatic rings. The third-order valence-corrected chi connectivity index (χ3v) is 2.32. The van der Waals surface area contributed by atoms with E-state index in [1.54, 1.807) is 6.92 Å². The van der Waals surface area contributed by atoms with Crippen LogP contribution in [0.2, 0.25) is 5.02 Å². The van der Waals surface area contributed by atoms with E-state index >= 15 is 0 Å². The standard InChI is InChI=1S/C11H12ClF2NO2.ClH/c1-2-17-10(16)5-9(15)11-7(13)3-6(12)4-8(11)14;/h3-4,9H,2,5,15H2,1H3;1H/t9-;/m1./s1. The molecule has 0 unspecified atom stereocenters. The highest BCUT2D eigenvalue weighted by atomic mass is 35.5. The highest BCUT2D eigenvalue weighted by Crippen LogP contribution is 2.25. The fourth-order valence-corrected chi connectivity index (χ4v) is 1.60. The van der Waals surface area contributed by atoms with Gasteiger partial charge in [0.05, 0.1) is 13.0 Å². The Morgan fingerprint density at radius 1 is 1.44 bits per heavy atom. The van der Waals surface area contributed by atoms with E-state index in [1.807, 2.05) is 0 Å². The van der Waals surface area contributed by atoms with Crippen LogP contribution >= 0.6 is 24.0 Å². The molecule has 0 fully saturated rings. The first-order chi connectivity index (χ1) is 7.95. The van der Waals surface area contributed by atoms with Crippen LogP contribution < -0.4 is 5.73 Å². The minimum atomic E-state index is -1.09. The summed E-state index contributed by atoms with van der Waals surface area (Å²) in [6.45, 7) is 1.82. The van der Waals surface area contributed by atoms with E-state index in [2.05, 4.69) is 4.74 Å². The van der Waals surface area contributed by atoms with Crippen molar-refractivity contribution in [3.05, 3.63) is 34.4 Å². The third kappa shape index (κ3) is 4.40. The lowest BCUT2D eigenvalue weighted by atomic mass is 10.0. The second kappa shape index (κ2) is 7.51. The Kier molecular flexibility index (Phi) is 7.13. The van der Waals surface area contributed by atoms with E-state index in [9.17, 15) is 13.6 Å². The van der Waals surface area contributed by atoms with Crippen LogP contribution in [-0.2, 0) is 9.53 Å². The summed E-state index contributed by atoms with van der Waals surface area (Å²) in [6.07, 6.45) is -0.288. The van der Waals surface area contributed by atoms with Gasteiger partial charge < -0.3 is 10.5 Å². The van der Waals surface area contributed by atoms with Crippen molar-refractivity contribution in [1.82, 2.24) is 0 Å². The number of nitrogens with two attached hydrogens (primary N) is 1. The van der Waals surface area contributed by atoms with Gasteiger partial charge in [-0.05, 0) is 19.1 Å². The molecule has 0 saturated heterocycles. The fourth-order valence-electron chi connectivity index (χ4n) is 1.41. The quantitative estimate of drug-likeness (QED) is 0.870. The van der Waals surface area contributed by atoms with Gasteiger partial charge in [0.2, 0.25) is 0 Å². The lowest BCUT2D eigenvalue weighted by Crippen LogP contribution is -2.19. The molecule has 0 amide bonds. The second-order valence-corrected chi connectivity index (χ2v) is 3.84. The first-order valence-corrected chi connectivity index (χ1v) is 5.39. The number of esters is 1. The molecule has 0 radical (unpaired) electrons. The van der Waals surface area contributed by atoms with Crippen molar-refractivity contribution < 1.29 is 18.3 Å². The van der Waals surface area contributed by atoms with Crippen molar-refractivity contribution in [1.29, 1.82) is 0 Å². The monoisotopic (exact) mass is 299 g/mol. The predicted octanol–water partition coefficient (Wildman–Crippen LogP) is 2.99. The first-order valence-electron chi connectivity index (χ1n) is 5.01. The Morgan fingerprint density at radius 3 is 2.39 bits per heavy atom. The van der Waals surface area contributed by atoms with Crippen LogP contribution in [0.1, 0.15) is 24.9 Å². The molecule has 1 aromatic carbocycles. The minimum Gasteiger partial charge on any atom is -0.466 e. The Morgan fingerprint density at radius 2 is 1.94 bits per heavy atom.